The van der Waals surface area contributed by atoms with E-state index in [0.717, 1.165) is 37.9 Å². The van der Waals surface area contributed by atoms with Crippen LogP contribution in [-0.2, 0) is 9.53 Å². The van der Waals surface area contributed by atoms with Crippen LogP contribution in [0.5, 0.6) is 0 Å². The summed E-state index contributed by atoms with van der Waals surface area (Å²) >= 11 is 0. The van der Waals surface area contributed by atoms with E-state index in [0.29, 0.717) is 16.8 Å². The number of nitro benzene ring substituents is 1. The fraction of sp³-hybridized carbons (Fsp3) is 0.273. The average molecular weight is 391 g/mol. The molecule has 2 aromatic rings. The fourth-order valence-corrected chi connectivity index (χ4v) is 3.57. The van der Waals surface area contributed by atoms with E-state index in [1.165, 1.54) is 12.1 Å². The highest BCUT2D eigenvalue weighted by Gasteiger charge is 2.25. The molecule has 0 aromatic heterocycles. The summed E-state index contributed by atoms with van der Waals surface area (Å²) in [6, 6.07) is 12.5. The summed E-state index contributed by atoms with van der Waals surface area (Å²) in [5.74, 6) is -0.330. The number of carbonyl (C=O) groups excluding carboxylic acids is 1. The van der Waals surface area contributed by atoms with Crippen LogP contribution in [-0.4, -0.2) is 29.9 Å². The summed E-state index contributed by atoms with van der Waals surface area (Å²) in [5.41, 5.74) is 3.12. The van der Waals surface area contributed by atoms with Crippen LogP contribution in [0.15, 0.2) is 53.2 Å². The van der Waals surface area contributed by atoms with Gasteiger partial charge in [0.15, 0.2) is 5.70 Å². The Kier molecular flexibility index (Phi) is 5.12. The van der Waals surface area contributed by atoms with Crippen molar-refractivity contribution in [3.05, 3.63) is 75.0 Å². The maximum atomic E-state index is 12.2. The third-order valence-electron chi connectivity index (χ3n) is 5.12. The first-order valence-electron chi connectivity index (χ1n) is 9.64. The van der Waals surface area contributed by atoms with Gasteiger partial charge >= 0.3 is 5.97 Å². The predicted molar refractivity (Wildman–Crippen MR) is 111 cm³/mol. The van der Waals surface area contributed by atoms with Gasteiger partial charge < -0.3 is 9.64 Å². The van der Waals surface area contributed by atoms with Crippen LogP contribution >= 0.6 is 0 Å². The molecule has 2 heterocycles. The van der Waals surface area contributed by atoms with Crippen molar-refractivity contribution in [2.24, 2.45) is 4.99 Å². The minimum atomic E-state index is -0.566. The number of rotatable bonds is 4. The molecule has 0 atom stereocenters. The second-order valence-electron chi connectivity index (χ2n) is 7.26. The summed E-state index contributed by atoms with van der Waals surface area (Å²) in [6.07, 6.45) is 4.74. The zero-order chi connectivity index (χ0) is 20.4. The van der Waals surface area contributed by atoms with E-state index in [1.54, 1.807) is 12.1 Å². The van der Waals surface area contributed by atoms with Crippen LogP contribution in [0.2, 0.25) is 0 Å². The van der Waals surface area contributed by atoms with E-state index in [9.17, 15) is 14.9 Å². The lowest BCUT2D eigenvalue weighted by molar-refractivity contribution is -0.384. The molecule has 7 nitrogen and oxygen atoms in total. The highest BCUT2D eigenvalue weighted by atomic mass is 16.6. The van der Waals surface area contributed by atoms with Crippen molar-refractivity contribution in [1.29, 1.82) is 0 Å². The number of aryl methyl sites for hydroxylation is 1. The normalized spacial score (nSPS) is 18.0. The lowest BCUT2D eigenvalue weighted by Crippen LogP contribution is -2.29. The quantitative estimate of drug-likeness (QED) is 0.337. The molecule has 0 saturated carbocycles. The van der Waals surface area contributed by atoms with Crippen molar-refractivity contribution < 1.29 is 14.5 Å². The molecule has 0 amide bonds. The lowest BCUT2D eigenvalue weighted by Gasteiger charge is -2.28. The number of piperidine rings is 1. The molecular weight excluding hydrogens is 370 g/mol. The van der Waals surface area contributed by atoms with E-state index in [1.807, 2.05) is 31.2 Å². The molecule has 4 rings (SSSR count). The summed E-state index contributed by atoms with van der Waals surface area (Å²) < 4.78 is 5.27. The van der Waals surface area contributed by atoms with Gasteiger partial charge in [-0.05, 0) is 56.0 Å². The summed E-state index contributed by atoms with van der Waals surface area (Å²) in [7, 11) is 0. The first-order valence-corrected chi connectivity index (χ1v) is 9.64. The predicted octanol–water partition coefficient (Wildman–Crippen LogP) is 4.24. The van der Waals surface area contributed by atoms with Gasteiger partial charge in [-0.25, -0.2) is 9.79 Å². The Morgan fingerprint density at radius 1 is 1.10 bits per heavy atom. The third kappa shape index (κ3) is 4.03. The van der Waals surface area contributed by atoms with Gasteiger partial charge in [0.1, 0.15) is 5.69 Å². The number of nitrogens with zero attached hydrogens (tertiary/aromatic N) is 3. The minimum absolute atomic E-state index is 0.0374. The Balaban J connectivity index is 1.64. The minimum Gasteiger partial charge on any atom is -0.402 e. The van der Waals surface area contributed by atoms with E-state index in [2.05, 4.69) is 9.89 Å². The number of aliphatic imine (C=N–C) groups is 1. The Morgan fingerprint density at radius 2 is 1.83 bits per heavy atom. The molecule has 1 fully saturated rings. The number of esters is 1. The molecule has 0 N–H and O–H groups in total. The number of nitro groups is 1. The molecule has 2 aliphatic heterocycles. The Bertz CT molecular complexity index is 1020. The van der Waals surface area contributed by atoms with Crippen molar-refractivity contribution in [2.45, 2.75) is 26.2 Å². The zero-order valence-corrected chi connectivity index (χ0v) is 16.1. The molecule has 0 unspecified atom stereocenters. The molecule has 7 heteroatoms. The molecule has 29 heavy (non-hydrogen) atoms. The monoisotopic (exact) mass is 391 g/mol. The van der Waals surface area contributed by atoms with Crippen molar-refractivity contribution in [3.63, 3.8) is 0 Å². The SMILES string of the molecule is Cc1ccc(C2=N/C(=C\c3ccc(N4CCCCC4)c([N+](=O)[O-])c3)C(=O)O2)cc1. The van der Waals surface area contributed by atoms with Gasteiger partial charge in [0.25, 0.3) is 5.69 Å². The number of hydrogen-bond acceptors (Lipinski definition) is 6. The average Bonchev–Trinajstić information content (AvgIpc) is 3.09. The molecule has 148 valence electrons. The largest absolute Gasteiger partial charge is 0.402 e. The maximum absolute atomic E-state index is 12.2. The molecule has 0 spiro atoms. The number of anilines is 1. The van der Waals surface area contributed by atoms with Gasteiger partial charge in [-0.1, -0.05) is 23.8 Å². The van der Waals surface area contributed by atoms with E-state index >= 15 is 0 Å². The third-order valence-corrected chi connectivity index (χ3v) is 5.12. The maximum Gasteiger partial charge on any atom is 0.363 e. The molecule has 0 aliphatic carbocycles. The molecule has 2 aliphatic rings. The first kappa shape index (κ1) is 18.9. The second-order valence-corrected chi connectivity index (χ2v) is 7.26. The van der Waals surface area contributed by atoms with Crippen LogP contribution in [0.4, 0.5) is 11.4 Å². The van der Waals surface area contributed by atoms with Gasteiger partial charge in [0.2, 0.25) is 5.90 Å². The standard InChI is InChI=1S/C22H21N3O4/c1-15-5-8-17(9-6-15)21-23-18(22(26)29-21)13-16-7-10-19(20(14-16)25(27)28)24-11-3-2-4-12-24/h5-10,13-14H,2-4,11-12H2,1H3/b18-13-. The Hall–Kier alpha value is -3.48. The lowest BCUT2D eigenvalue weighted by atomic mass is 10.1. The zero-order valence-electron chi connectivity index (χ0n) is 16.1. The van der Waals surface area contributed by atoms with Crippen LogP contribution < -0.4 is 4.90 Å². The van der Waals surface area contributed by atoms with Gasteiger partial charge in [0.05, 0.1) is 4.92 Å². The summed E-state index contributed by atoms with van der Waals surface area (Å²) in [5, 5.41) is 11.6. The fourth-order valence-electron chi connectivity index (χ4n) is 3.57. The van der Waals surface area contributed by atoms with Crippen molar-refractivity contribution in [3.8, 4) is 0 Å². The summed E-state index contributed by atoms with van der Waals surface area (Å²) in [6.45, 7) is 3.60. The number of ether oxygens (including phenoxy) is 1. The number of hydrogen-bond donors (Lipinski definition) is 0. The van der Waals surface area contributed by atoms with Crippen LogP contribution in [0.1, 0.15) is 36.0 Å². The summed E-state index contributed by atoms with van der Waals surface area (Å²) in [4.78, 5) is 29.8. The molecule has 0 radical (unpaired) electrons. The highest BCUT2D eigenvalue weighted by Crippen LogP contribution is 2.32. The molecule has 2 aromatic carbocycles. The second kappa shape index (κ2) is 7.87. The van der Waals surface area contributed by atoms with Crippen molar-refractivity contribution >= 4 is 29.3 Å². The van der Waals surface area contributed by atoms with E-state index in [4.69, 9.17) is 4.74 Å². The Labute approximate surface area is 168 Å². The molecule has 0 bridgehead atoms. The van der Waals surface area contributed by atoms with E-state index in [-0.39, 0.29) is 22.2 Å². The topological polar surface area (TPSA) is 85.0 Å². The van der Waals surface area contributed by atoms with Gasteiger partial charge in [-0.15, -0.1) is 0 Å². The number of benzene rings is 2. The number of cyclic esters (lactones) is 1. The van der Waals surface area contributed by atoms with Gasteiger partial charge in [-0.2, -0.15) is 0 Å². The van der Waals surface area contributed by atoms with Crippen LogP contribution in [0.3, 0.4) is 0 Å². The first-order chi connectivity index (χ1) is 14.0. The highest BCUT2D eigenvalue weighted by molar-refractivity contribution is 6.12. The van der Waals surface area contributed by atoms with Crippen LogP contribution in [0, 0.1) is 17.0 Å². The Morgan fingerprint density at radius 3 is 2.52 bits per heavy atom. The van der Waals surface area contributed by atoms with E-state index < -0.39 is 5.97 Å². The van der Waals surface area contributed by atoms with Crippen molar-refractivity contribution in [1.82, 2.24) is 0 Å². The van der Waals surface area contributed by atoms with Gasteiger partial charge in [-0.3, -0.25) is 10.1 Å². The smallest absolute Gasteiger partial charge is 0.363 e. The van der Waals surface area contributed by atoms with Crippen LogP contribution in [0.25, 0.3) is 6.08 Å². The molecule has 1 saturated heterocycles. The van der Waals surface area contributed by atoms with Gasteiger partial charge in [0, 0.05) is 24.7 Å². The van der Waals surface area contributed by atoms with Crippen molar-refractivity contribution in [2.75, 3.05) is 18.0 Å². The number of carbonyl (C=O) groups is 1. The molecular formula is C22H21N3O4.